The van der Waals surface area contributed by atoms with Gasteiger partial charge in [0.1, 0.15) is 0 Å². The van der Waals surface area contributed by atoms with E-state index in [-0.39, 0.29) is 37.0 Å². The maximum absolute atomic E-state index is 2.39. The summed E-state index contributed by atoms with van der Waals surface area (Å²) in [6.07, 6.45) is 1.19. The maximum atomic E-state index is 2.39. The summed E-state index contributed by atoms with van der Waals surface area (Å²) >= 11 is 0. The minimum atomic E-state index is 0. The molecule has 0 saturated heterocycles. The molecule has 0 N–H and O–H groups in total. The van der Waals surface area contributed by atoms with Crippen LogP contribution in [0.5, 0.6) is 0 Å². The molecule has 1 unspecified atom stereocenters. The predicted octanol–water partition coefficient (Wildman–Crippen LogP) is 13.7. The van der Waals surface area contributed by atoms with Gasteiger partial charge in [-0.1, -0.05) is 154 Å². The van der Waals surface area contributed by atoms with E-state index in [0.29, 0.717) is 5.92 Å². The van der Waals surface area contributed by atoms with Gasteiger partial charge in [0.2, 0.25) is 0 Å². The number of aryl methyl sites for hydroxylation is 1. The molecule has 6 aromatic rings. The molecular formula is C45H54SiZr. The summed E-state index contributed by atoms with van der Waals surface area (Å²) < 4.78 is 0. The van der Waals surface area contributed by atoms with Crippen molar-refractivity contribution < 1.29 is 26.2 Å². The summed E-state index contributed by atoms with van der Waals surface area (Å²) in [5.74, 6) is 0.624. The van der Waals surface area contributed by atoms with Crippen molar-refractivity contribution in [2.24, 2.45) is 0 Å². The van der Waals surface area contributed by atoms with Crippen LogP contribution in [-0.4, -0.2) is 9.52 Å². The van der Waals surface area contributed by atoms with Gasteiger partial charge in [-0.25, -0.2) is 0 Å². The van der Waals surface area contributed by atoms with Crippen molar-refractivity contribution in [1.29, 1.82) is 0 Å². The van der Waals surface area contributed by atoms with Crippen molar-refractivity contribution in [3.8, 4) is 22.3 Å². The maximum Gasteiger partial charge on any atom is 2.00 e. The molecule has 0 aliphatic carbocycles. The first-order valence-corrected chi connectivity index (χ1v) is 18.9. The van der Waals surface area contributed by atoms with Crippen molar-refractivity contribution in [2.45, 2.75) is 98.6 Å². The Morgan fingerprint density at radius 3 is 1.43 bits per heavy atom. The van der Waals surface area contributed by atoms with Gasteiger partial charge in [0.15, 0.2) is 0 Å². The second kappa shape index (κ2) is 16.5. The Morgan fingerprint density at radius 1 is 0.617 bits per heavy atom. The van der Waals surface area contributed by atoms with E-state index < -0.39 is 0 Å². The van der Waals surface area contributed by atoms with Gasteiger partial charge in [-0.15, -0.1) is 69.1 Å². The molecule has 6 rings (SSSR count). The number of hydrogen-bond donors (Lipinski definition) is 0. The van der Waals surface area contributed by atoms with Crippen LogP contribution in [0.2, 0.25) is 13.1 Å². The van der Waals surface area contributed by atoms with Gasteiger partial charge in [0.25, 0.3) is 0 Å². The number of hydrogen-bond acceptors (Lipinski definition) is 0. The van der Waals surface area contributed by atoms with E-state index in [1.165, 1.54) is 72.5 Å². The summed E-state index contributed by atoms with van der Waals surface area (Å²) in [6, 6.07) is 40.6. The van der Waals surface area contributed by atoms with E-state index >= 15 is 0 Å². The van der Waals surface area contributed by atoms with Crippen LogP contribution in [0.1, 0.15) is 90.0 Å². The Kier molecular flexibility index (Phi) is 13.6. The van der Waals surface area contributed by atoms with Crippen LogP contribution in [0, 0.1) is 6.92 Å². The summed E-state index contributed by atoms with van der Waals surface area (Å²) in [4.78, 5) is 0. The monoisotopic (exact) mass is 712 g/mol. The fourth-order valence-electron chi connectivity index (χ4n) is 5.97. The molecule has 2 radical (unpaired) electrons. The predicted molar refractivity (Wildman–Crippen MR) is 208 cm³/mol. The van der Waals surface area contributed by atoms with Crippen molar-refractivity contribution in [3.05, 3.63) is 131 Å². The van der Waals surface area contributed by atoms with Crippen LogP contribution in [0.15, 0.2) is 109 Å². The first kappa shape index (κ1) is 38.6. The van der Waals surface area contributed by atoms with Crippen LogP contribution in [-0.2, 0) is 37.0 Å². The third-order valence-corrected chi connectivity index (χ3v) is 8.97. The molecule has 0 heterocycles. The number of benzene rings is 4. The molecule has 0 aliphatic heterocycles. The van der Waals surface area contributed by atoms with Gasteiger partial charge >= 0.3 is 26.2 Å². The minimum absolute atomic E-state index is 0. The molecular weight excluding hydrogens is 660 g/mol. The van der Waals surface area contributed by atoms with Crippen molar-refractivity contribution >= 4 is 31.1 Å². The first-order valence-electron chi connectivity index (χ1n) is 16.9. The first-order chi connectivity index (χ1) is 21.8. The zero-order valence-electron chi connectivity index (χ0n) is 30.7. The zero-order valence-corrected chi connectivity index (χ0v) is 34.1. The average molecular weight is 714 g/mol. The van der Waals surface area contributed by atoms with Crippen molar-refractivity contribution in [1.82, 2.24) is 0 Å². The van der Waals surface area contributed by atoms with Crippen LogP contribution in [0.25, 0.3) is 43.8 Å². The fourth-order valence-corrected chi connectivity index (χ4v) is 5.97. The second-order valence-corrected chi connectivity index (χ2v) is 15.9. The summed E-state index contributed by atoms with van der Waals surface area (Å²) in [7, 11) is 1.08. The smallest absolute Gasteiger partial charge is 0.165 e. The SMILES string of the molecule is CCC(C)c1cc2c(-c3ccc(C(C)(C)C)cc3)cccc2[cH-]1.C[Si]C.Cc1cc2c(-c3ccc(C(C)(C)C)cc3)cccc2[cH-]1.[Zr+2]. The largest absolute Gasteiger partial charge is 2.00 e. The van der Waals surface area contributed by atoms with Gasteiger partial charge in [0.05, 0.1) is 0 Å². The molecule has 0 bridgehead atoms. The Labute approximate surface area is 307 Å². The van der Waals surface area contributed by atoms with Crippen molar-refractivity contribution in [3.63, 3.8) is 0 Å². The van der Waals surface area contributed by atoms with Gasteiger partial charge < -0.3 is 0 Å². The molecule has 0 spiro atoms. The Hall–Kier alpha value is -2.80. The molecule has 6 aromatic carbocycles. The molecule has 0 saturated carbocycles. The summed E-state index contributed by atoms with van der Waals surface area (Å²) in [6.45, 7) is 24.6. The number of fused-ring (bicyclic) bond motifs is 2. The van der Waals surface area contributed by atoms with Crippen molar-refractivity contribution in [2.75, 3.05) is 0 Å². The summed E-state index contributed by atoms with van der Waals surface area (Å²) in [5, 5.41) is 5.43. The Morgan fingerprint density at radius 2 is 1.02 bits per heavy atom. The summed E-state index contributed by atoms with van der Waals surface area (Å²) in [5.41, 5.74) is 11.3. The topological polar surface area (TPSA) is 0 Å². The normalized spacial score (nSPS) is 12.1. The Bertz CT molecular complexity index is 1830. The van der Waals surface area contributed by atoms with Crippen LogP contribution >= 0.6 is 0 Å². The molecule has 0 nitrogen and oxygen atoms in total. The third-order valence-electron chi connectivity index (χ3n) is 8.97. The molecule has 0 aliphatic rings. The standard InChI is InChI=1S/C23H27.C20H21.C2H6Si.Zr/c1-6-16(2)19-14-18-8-7-9-21(22(18)15-19)17-10-12-20(13-11-17)23(3,4)5;1-14-12-16-6-5-7-18(19(16)13-14)15-8-10-17(11-9-15)20(2,3)4;1-3-2;/h7-16H,6H2,1-5H3;5-13H,1-4H3;1-2H3;/q2*-1;;+2. The number of rotatable bonds is 4. The minimum Gasteiger partial charge on any atom is -0.165 e. The van der Waals surface area contributed by atoms with Gasteiger partial charge in [0, 0.05) is 9.52 Å². The van der Waals surface area contributed by atoms with Crippen LogP contribution in [0.3, 0.4) is 0 Å². The van der Waals surface area contributed by atoms with Crippen LogP contribution in [0.4, 0.5) is 0 Å². The van der Waals surface area contributed by atoms with Crippen LogP contribution < -0.4 is 0 Å². The average Bonchev–Trinajstić information content (AvgIpc) is 3.63. The third kappa shape index (κ3) is 9.64. The molecule has 1 atom stereocenters. The molecule has 0 aromatic heterocycles. The molecule has 0 amide bonds. The van der Waals surface area contributed by atoms with E-state index in [2.05, 4.69) is 185 Å². The van der Waals surface area contributed by atoms with Gasteiger partial charge in [-0.05, 0) is 39.0 Å². The second-order valence-electron chi connectivity index (χ2n) is 14.9. The van der Waals surface area contributed by atoms with E-state index in [1.807, 2.05) is 0 Å². The molecule has 47 heavy (non-hydrogen) atoms. The Balaban J connectivity index is 0.000000233. The van der Waals surface area contributed by atoms with Gasteiger partial charge in [-0.2, -0.15) is 12.1 Å². The quantitative estimate of drug-likeness (QED) is 0.126. The van der Waals surface area contributed by atoms with E-state index in [1.54, 1.807) is 0 Å². The van der Waals surface area contributed by atoms with Gasteiger partial charge in [-0.3, -0.25) is 0 Å². The molecule has 0 fully saturated rings. The van der Waals surface area contributed by atoms with E-state index in [4.69, 9.17) is 0 Å². The molecule has 2 heteroatoms. The van der Waals surface area contributed by atoms with E-state index in [9.17, 15) is 0 Å². The zero-order chi connectivity index (χ0) is 33.6. The van der Waals surface area contributed by atoms with E-state index in [0.717, 1.165) is 9.52 Å². The molecule has 242 valence electrons. The fraction of sp³-hybridized carbons (Fsp3) is 0.333.